The molecule has 0 saturated heterocycles. The van der Waals surface area contributed by atoms with E-state index in [9.17, 15) is 4.79 Å². The quantitative estimate of drug-likeness (QED) is 0.875. The van der Waals surface area contributed by atoms with Gasteiger partial charge in [0.05, 0.1) is 10.6 Å². The van der Waals surface area contributed by atoms with Crippen molar-refractivity contribution in [2.75, 3.05) is 11.9 Å². The van der Waals surface area contributed by atoms with Crippen LogP contribution in [0.1, 0.15) is 22.1 Å². The molecule has 0 aliphatic heterocycles. The van der Waals surface area contributed by atoms with Crippen molar-refractivity contribution in [2.45, 2.75) is 13.3 Å². The van der Waals surface area contributed by atoms with Crippen LogP contribution in [0.3, 0.4) is 0 Å². The third-order valence-corrected chi connectivity index (χ3v) is 2.76. The largest absolute Gasteiger partial charge is 0.478 e. The summed E-state index contributed by atoms with van der Waals surface area (Å²) in [4.78, 5) is 14.9. The van der Waals surface area contributed by atoms with E-state index in [0.29, 0.717) is 24.7 Å². The Morgan fingerprint density at radius 1 is 1.53 bits per heavy atom. The molecule has 0 radical (unpaired) electrons. The predicted molar refractivity (Wildman–Crippen MR) is 69.6 cm³/mol. The Kier molecular flexibility index (Phi) is 4.01. The first-order chi connectivity index (χ1) is 9.06. The fourth-order valence-corrected chi connectivity index (χ4v) is 1.82. The molecule has 0 aliphatic rings. The highest BCUT2D eigenvalue weighted by molar-refractivity contribution is 6.33. The molecule has 2 aromatic rings. The number of hydrogen-bond donors (Lipinski definition) is 2. The van der Waals surface area contributed by atoms with Crippen molar-refractivity contribution in [2.24, 2.45) is 0 Å². The molecule has 100 valence electrons. The van der Waals surface area contributed by atoms with Crippen LogP contribution in [0.5, 0.6) is 0 Å². The van der Waals surface area contributed by atoms with E-state index in [1.807, 2.05) is 0 Å². The lowest BCUT2D eigenvalue weighted by molar-refractivity contribution is 0.0697. The molecule has 2 rings (SSSR count). The Hall–Kier alpha value is -2.08. The van der Waals surface area contributed by atoms with Crippen molar-refractivity contribution in [1.82, 2.24) is 10.1 Å². The van der Waals surface area contributed by atoms with Gasteiger partial charge in [0.15, 0.2) is 5.82 Å². The molecule has 19 heavy (non-hydrogen) atoms. The van der Waals surface area contributed by atoms with Crippen LogP contribution < -0.4 is 5.32 Å². The maximum Gasteiger partial charge on any atom is 0.337 e. The number of aromatic nitrogens is 2. The number of rotatable bonds is 5. The second-order valence-electron chi connectivity index (χ2n) is 3.91. The van der Waals surface area contributed by atoms with E-state index in [2.05, 4.69) is 15.5 Å². The first kappa shape index (κ1) is 13.4. The zero-order chi connectivity index (χ0) is 13.8. The van der Waals surface area contributed by atoms with E-state index < -0.39 is 5.97 Å². The van der Waals surface area contributed by atoms with Gasteiger partial charge in [-0.15, -0.1) is 0 Å². The SMILES string of the molecule is Cc1nc(CCNc2ccc(C(=O)O)c(Cl)c2)no1. The van der Waals surface area contributed by atoms with Gasteiger partial charge in [-0.25, -0.2) is 4.79 Å². The van der Waals surface area contributed by atoms with E-state index in [1.165, 1.54) is 6.07 Å². The summed E-state index contributed by atoms with van der Waals surface area (Å²) in [5.41, 5.74) is 0.830. The molecule has 0 amide bonds. The molecule has 7 heteroatoms. The summed E-state index contributed by atoms with van der Waals surface area (Å²) in [6, 6.07) is 4.70. The van der Waals surface area contributed by atoms with Gasteiger partial charge in [-0.3, -0.25) is 0 Å². The van der Waals surface area contributed by atoms with Crippen molar-refractivity contribution in [3.8, 4) is 0 Å². The summed E-state index contributed by atoms with van der Waals surface area (Å²) in [6.45, 7) is 2.33. The lowest BCUT2D eigenvalue weighted by atomic mass is 10.2. The Labute approximate surface area is 114 Å². The van der Waals surface area contributed by atoms with Gasteiger partial charge in [-0.1, -0.05) is 16.8 Å². The number of carboxylic acid groups (broad SMARTS) is 1. The summed E-state index contributed by atoms with van der Waals surface area (Å²) in [6.07, 6.45) is 0.607. The second kappa shape index (κ2) is 5.71. The summed E-state index contributed by atoms with van der Waals surface area (Å²) in [7, 11) is 0. The molecule has 1 aromatic heterocycles. The van der Waals surface area contributed by atoms with E-state index in [1.54, 1.807) is 19.1 Å². The van der Waals surface area contributed by atoms with Crippen LogP contribution in [-0.4, -0.2) is 27.8 Å². The van der Waals surface area contributed by atoms with Crippen LogP contribution in [0.25, 0.3) is 0 Å². The van der Waals surface area contributed by atoms with Gasteiger partial charge in [-0.05, 0) is 18.2 Å². The highest BCUT2D eigenvalue weighted by atomic mass is 35.5. The minimum Gasteiger partial charge on any atom is -0.478 e. The number of nitrogens with one attached hydrogen (secondary N) is 1. The molecule has 6 nitrogen and oxygen atoms in total. The third kappa shape index (κ3) is 3.45. The van der Waals surface area contributed by atoms with Crippen molar-refractivity contribution in [3.63, 3.8) is 0 Å². The van der Waals surface area contributed by atoms with Gasteiger partial charge < -0.3 is 14.9 Å². The zero-order valence-corrected chi connectivity index (χ0v) is 10.9. The first-order valence-corrected chi connectivity index (χ1v) is 6.00. The summed E-state index contributed by atoms with van der Waals surface area (Å²) in [5, 5.41) is 15.9. The van der Waals surface area contributed by atoms with Crippen LogP contribution in [0.15, 0.2) is 22.7 Å². The fraction of sp³-hybridized carbons (Fsp3) is 0.250. The van der Waals surface area contributed by atoms with Crippen LogP contribution in [-0.2, 0) is 6.42 Å². The highest BCUT2D eigenvalue weighted by Gasteiger charge is 2.08. The number of carboxylic acids is 1. The Morgan fingerprint density at radius 3 is 2.89 bits per heavy atom. The lowest BCUT2D eigenvalue weighted by Crippen LogP contribution is -2.06. The molecule has 1 heterocycles. The molecular weight excluding hydrogens is 270 g/mol. The molecule has 0 saturated carbocycles. The maximum atomic E-state index is 10.8. The number of anilines is 1. The molecule has 0 aliphatic carbocycles. The molecule has 0 spiro atoms. The smallest absolute Gasteiger partial charge is 0.337 e. The van der Waals surface area contributed by atoms with E-state index in [4.69, 9.17) is 21.2 Å². The van der Waals surface area contributed by atoms with Gasteiger partial charge in [-0.2, -0.15) is 4.98 Å². The number of halogens is 1. The van der Waals surface area contributed by atoms with Gasteiger partial charge in [0, 0.05) is 25.6 Å². The van der Waals surface area contributed by atoms with Crippen LogP contribution in [0, 0.1) is 6.92 Å². The standard InChI is InChI=1S/C12H12ClN3O3/c1-7-15-11(16-19-7)4-5-14-8-2-3-9(12(17)18)10(13)6-8/h2-3,6,14H,4-5H2,1H3,(H,17,18). The molecule has 0 bridgehead atoms. The monoisotopic (exact) mass is 281 g/mol. The second-order valence-corrected chi connectivity index (χ2v) is 4.31. The average molecular weight is 282 g/mol. The molecule has 2 N–H and O–H groups in total. The number of hydrogen-bond acceptors (Lipinski definition) is 5. The van der Waals surface area contributed by atoms with Crippen molar-refractivity contribution >= 4 is 23.3 Å². The number of benzene rings is 1. The zero-order valence-electron chi connectivity index (χ0n) is 10.2. The number of nitrogens with zero attached hydrogens (tertiary/aromatic N) is 2. The van der Waals surface area contributed by atoms with Gasteiger partial charge in [0.1, 0.15) is 0 Å². The summed E-state index contributed by atoms with van der Waals surface area (Å²) in [5.74, 6) is 0.112. The summed E-state index contributed by atoms with van der Waals surface area (Å²) < 4.78 is 4.85. The first-order valence-electron chi connectivity index (χ1n) is 5.62. The number of aryl methyl sites for hydroxylation is 1. The molecule has 0 unspecified atom stereocenters. The fourth-order valence-electron chi connectivity index (χ4n) is 1.56. The van der Waals surface area contributed by atoms with Crippen LogP contribution in [0.2, 0.25) is 5.02 Å². The minimum atomic E-state index is -1.04. The van der Waals surface area contributed by atoms with Crippen molar-refractivity contribution < 1.29 is 14.4 Å². The van der Waals surface area contributed by atoms with E-state index in [-0.39, 0.29) is 10.6 Å². The molecule has 1 aromatic carbocycles. The van der Waals surface area contributed by atoms with Crippen molar-refractivity contribution in [1.29, 1.82) is 0 Å². The van der Waals surface area contributed by atoms with E-state index in [0.717, 1.165) is 5.69 Å². The number of carbonyl (C=O) groups is 1. The molecule has 0 fully saturated rings. The third-order valence-electron chi connectivity index (χ3n) is 2.45. The number of aromatic carboxylic acids is 1. The van der Waals surface area contributed by atoms with Gasteiger partial charge in [0.2, 0.25) is 5.89 Å². The Bertz CT molecular complexity index is 598. The van der Waals surface area contributed by atoms with Gasteiger partial charge >= 0.3 is 5.97 Å². The van der Waals surface area contributed by atoms with Crippen LogP contribution in [0.4, 0.5) is 5.69 Å². The average Bonchev–Trinajstić information content (AvgIpc) is 2.75. The minimum absolute atomic E-state index is 0.0843. The molecule has 0 atom stereocenters. The van der Waals surface area contributed by atoms with Gasteiger partial charge in [0.25, 0.3) is 0 Å². The Morgan fingerprint density at radius 2 is 2.32 bits per heavy atom. The predicted octanol–water partition coefficient (Wildman–Crippen LogP) is 2.38. The summed E-state index contributed by atoms with van der Waals surface area (Å²) >= 11 is 5.86. The van der Waals surface area contributed by atoms with Crippen molar-refractivity contribution in [3.05, 3.63) is 40.5 Å². The lowest BCUT2D eigenvalue weighted by Gasteiger charge is -2.06. The Balaban J connectivity index is 1.93. The molecular formula is C12H12ClN3O3. The van der Waals surface area contributed by atoms with E-state index >= 15 is 0 Å². The normalized spacial score (nSPS) is 10.4. The topological polar surface area (TPSA) is 88.2 Å². The highest BCUT2D eigenvalue weighted by Crippen LogP contribution is 2.20. The maximum absolute atomic E-state index is 10.8. The van der Waals surface area contributed by atoms with Crippen LogP contribution >= 0.6 is 11.6 Å².